The van der Waals surface area contributed by atoms with Crippen molar-refractivity contribution in [3.8, 4) is 0 Å². The Balaban J connectivity index is 1.58. The van der Waals surface area contributed by atoms with Gasteiger partial charge in [0.25, 0.3) is 0 Å². The predicted molar refractivity (Wildman–Crippen MR) is 91.9 cm³/mol. The summed E-state index contributed by atoms with van der Waals surface area (Å²) in [6.45, 7) is 5.20. The van der Waals surface area contributed by atoms with Crippen LogP contribution in [0.1, 0.15) is 12.8 Å². The van der Waals surface area contributed by atoms with Crippen LogP contribution in [0.4, 0.5) is 0 Å². The lowest BCUT2D eigenvalue weighted by Gasteiger charge is -2.36. The fraction of sp³-hybridized carbons (Fsp3) is 0.706. The molecular weight excluding hydrogens is 322 g/mol. The molecule has 0 spiro atoms. The van der Waals surface area contributed by atoms with Gasteiger partial charge in [0.2, 0.25) is 11.8 Å². The van der Waals surface area contributed by atoms with Gasteiger partial charge in [0, 0.05) is 45.0 Å². The predicted octanol–water partition coefficient (Wildman–Crippen LogP) is -0.335. The molecule has 138 valence electrons. The summed E-state index contributed by atoms with van der Waals surface area (Å²) in [6, 6.07) is -0.182. The maximum atomic E-state index is 12.7. The Bertz CT molecular complexity index is 577. The third kappa shape index (κ3) is 4.79. The summed E-state index contributed by atoms with van der Waals surface area (Å²) in [7, 11) is 2.08. The molecule has 0 bridgehead atoms. The van der Waals surface area contributed by atoms with E-state index < -0.39 is 0 Å². The Hall–Kier alpha value is -1.93. The lowest BCUT2D eigenvalue weighted by Crippen LogP contribution is -2.51. The Kier molecular flexibility index (Phi) is 6.04. The van der Waals surface area contributed by atoms with Gasteiger partial charge in [-0.3, -0.25) is 9.59 Å². The van der Waals surface area contributed by atoms with Crippen LogP contribution in [0, 0.1) is 0 Å². The van der Waals surface area contributed by atoms with E-state index in [0.29, 0.717) is 26.2 Å². The number of ether oxygens (including phenoxy) is 1. The average Bonchev–Trinajstić information content (AvgIpc) is 3.01. The number of carbonyl (C=O) groups excluding carboxylic acids is 2. The SMILES string of the molecule is CN1CCCN(C(=O)C[C@@H]2COCCN2C(=O)Cn2ccnc2)CC1. The van der Waals surface area contributed by atoms with Crippen LogP contribution in [0.3, 0.4) is 0 Å². The molecule has 1 aromatic rings. The zero-order valence-electron chi connectivity index (χ0n) is 14.8. The summed E-state index contributed by atoms with van der Waals surface area (Å²) in [4.78, 5) is 35.3. The van der Waals surface area contributed by atoms with Gasteiger partial charge in [-0.25, -0.2) is 4.98 Å². The molecule has 0 unspecified atom stereocenters. The monoisotopic (exact) mass is 349 g/mol. The van der Waals surface area contributed by atoms with Crippen molar-refractivity contribution in [1.29, 1.82) is 0 Å². The van der Waals surface area contributed by atoms with Crippen molar-refractivity contribution in [2.75, 3.05) is 53.0 Å². The Morgan fingerprint density at radius 2 is 2.04 bits per heavy atom. The van der Waals surface area contributed by atoms with Crippen molar-refractivity contribution in [3.05, 3.63) is 18.7 Å². The molecule has 1 atom stereocenters. The minimum Gasteiger partial charge on any atom is -0.377 e. The quantitative estimate of drug-likeness (QED) is 0.744. The van der Waals surface area contributed by atoms with Gasteiger partial charge in [-0.15, -0.1) is 0 Å². The van der Waals surface area contributed by atoms with Crippen molar-refractivity contribution >= 4 is 11.8 Å². The van der Waals surface area contributed by atoms with E-state index in [1.807, 2.05) is 4.90 Å². The molecule has 2 fully saturated rings. The summed E-state index contributed by atoms with van der Waals surface area (Å²) in [5.74, 6) is 0.126. The van der Waals surface area contributed by atoms with Gasteiger partial charge >= 0.3 is 0 Å². The first-order valence-corrected chi connectivity index (χ1v) is 8.93. The molecule has 8 heteroatoms. The molecule has 2 aliphatic rings. The van der Waals surface area contributed by atoms with Crippen LogP contribution in [0.5, 0.6) is 0 Å². The number of nitrogens with zero attached hydrogens (tertiary/aromatic N) is 5. The standard InChI is InChI=1S/C17H27N5O3/c1-19-4-2-5-21(8-7-19)16(23)11-15-13-25-10-9-22(15)17(24)12-20-6-3-18-14-20/h3,6,14-15H,2,4-5,7-13H2,1H3/t15-/m1/s1. The molecule has 2 saturated heterocycles. The summed E-state index contributed by atoms with van der Waals surface area (Å²) in [5.41, 5.74) is 0. The van der Waals surface area contributed by atoms with Crippen LogP contribution in [-0.4, -0.2) is 95.1 Å². The van der Waals surface area contributed by atoms with Crippen molar-refractivity contribution in [2.24, 2.45) is 0 Å². The molecule has 0 radical (unpaired) electrons. The molecule has 1 aromatic heterocycles. The highest BCUT2D eigenvalue weighted by atomic mass is 16.5. The van der Waals surface area contributed by atoms with Gasteiger partial charge in [0.1, 0.15) is 6.54 Å². The fourth-order valence-electron chi connectivity index (χ4n) is 3.41. The highest BCUT2D eigenvalue weighted by Crippen LogP contribution is 2.14. The molecule has 3 rings (SSSR count). The number of hydrogen-bond donors (Lipinski definition) is 0. The van der Waals surface area contributed by atoms with Gasteiger partial charge in [-0.2, -0.15) is 0 Å². The van der Waals surface area contributed by atoms with Crippen LogP contribution in [0.2, 0.25) is 0 Å². The smallest absolute Gasteiger partial charge is 0.242 e. The third-order valence-corrected chi connectivity index (χ3v) is 4.91. The molecular formula is C17H27N5O3. The summed E-state index contributed by atoms with van der Waals surface area (Å²) in [5, 5.41) is 0. The van der Waals surface area contributed by atoms with E-state index in [4.69, 9.17) is 4.74 Å². The van der Waals surface area contributed by atoms with Crippen LogP contribution >= 0.6 is 0 Å². The molecule has 2 amide bonds. The number of hydrogen-bond acceptors (Lipinski definition) is 5. The normalized spacial score (nSPS) is 22.7. The van der Waals surface area contributed by atoms with E-state index >= 15 is 0 Å². The molecule has 8 nitrogen and oxygen atoms in total. The largest absolute Gasteiger partial charge is 0.377 e. The Morgan fingerprint density at radius 1 is 1.16 bits per heavy atom. The fourth-order valence-corrected chi connectivity index (χ4v) is 3.41. The molecule has 2 aliphatic heterocycles. The molecule has 3 heterocycles. The van der Waals surface area contributed by atoms with Crippen molar-refractivity contribution in [1.82, 2.24) is 24.3 Å². The van der Waals surface area contributed by atoms with Crippen molar-refractivity contribution in [2.45, 2.75) is 25.4 Å². The summed E-state index contributed by atoms with van der Waals surface area (Å²) >= 11 is 0. The number of rotatable bonds is 4. The summed E-state index contributed by atoms with van der Waals surface area (Å²) < 4.78 is 7.29. The van der Waals surface area contributed by atoms with E-state index in [2.05, 4.69) is 16.9 Å². The minimum atomic E-state index is -0.182. The number of aromatic nitrogens is 2. The maximum Gasteiger partial charge on any atom is 0.242 e. The number of likely N-dealkylation sites (N-methyl/N-ethyl adjacent to an activating group) is 1. The van der Waals surface area contributed by atoms with E-state index in [9.17, 15) is 9.59 Å². The minimum absolute atomic E-state index is 0.00898. The first-order valence-electron chi connectivity index (χ1n) is 8.93. The Morgan fingerprint density at radius 3 is 2.84 bits per heavy atom. The summed E-state index contributed by atoms with van der Waals surface area (Å²) in [6.07, 6.45) is 6.38. The number of carbonyl (C=O) groups is 2. The van der Waals surface area contributed by atoms with Crippen LogP contribution < -0.4 is 0 Å². The first-order chi connectivity index (χ1) is 12.1. The first kappa shape index (κ1) is 17.9. The second-order valence-corrected chi connectivity index (χ2v) is 6.79. The van der Waals surface area contributed by atoms with Gasteiger partial charge in [-0.05, 0) is 20.0 Å². The van der Waals surface area contributed by atoms with Gasteiger partial charge < -0.3 is 24.0 Å². The molecule has 0 aliphatic carbocycles. The highest BCUT2D eigenvalue weighted by molar-refractivity contribution is 5.80. The van der Waals surface area contributed by atoms with Gasteiger partial charge in [0.05, 0.1) is 25.6 Å². The maximum absolute atomic E-state index is 12.7. The molecule has 25 heavy (non-hydrogen) atoms. The van der Waals surface area contributed by atoms with Crippen LogP contribution in [-0.2, 0) is 20.9 Å². The lowest BCUT2D eigenvalue weighted by atomic mass is 10.1. The molecule has 0 aromatic carbocycles. The van der Waals surface area contributed by atoms with E-state index in [1.54, 1.807) is 28.2 Å². The van der Waals surface area contributed by atoms with Crippen LogP contribution in [0.15, 0.2) is 18.7 Å². The zero-order chi connectivity index (χ0) is 17.6. The second-order valence-electron chi connectivity index (χ2n) is 6.79. The molecule has 0 saturated carbocycles. The highest BCUT2D eigenvalue weighted by Gasteiger charge is 2.31. The number of amides is 2. The Labute approximate surface area is 148 Å². The molecule has 0 N–H and O–H groups in total. The van der Waals surface area contributed by atoms with Crippen LogP contribution in [0.25, 0.3) is 0 Å². The topological polar surface area (TPSA) is 70.9 Å². The van der Waals surface area contributed by atoms with E-state index in [0.717, 1.165) is 32.6 Å². The third-order valence-electron chi connectivity index (χ3n) is 4.91. The van der Waals surface area contributed by atoms with E-state index in [1.165, 1.54) is 0 Å². The second kappa shape index (κ2) is 8.44. The van der Waals surface area contributed by atoms with Crippen molar-refractivity contribution < 1.29 is 14.3 Å². The van der Waals surface area contributed by atoms with Gasteiger partial charge in [0.15, 0.2) is 0 Å². The number of imidazole rings is 1. The van der Waals surface area contributed by atoms with Gasteiger partial charge in [-0.1, -0.05) is 0 Å². The van der Waals surface area contributed by atoms with E-state index in [-0.39, 0.29) is 24.4 Å². The zero-order valence-corrected chi connectivity index (χ0v) is 14.8. The lowest BCUT2D eigenvalue weighted by molar-refractivity contribution is -0.144. The number of morpholine rings is 1. The average molecular weight is 349 g/mol. The van der Waals surface area contributed by atoms with Crippen molar-refractivity contribution in [3.63, 3.8) is 0 Å².